The molecule has 0 radical (unpaired) electrons. The van der Waals surface area contributed by atoms with Crippen LogP contribution in [0.4, 0.5) is 11.5 Å². The maximum absolute atomic E-state index is 12.0. The van der Waals surface area contributed by atoms with Crippen molar-refractivity contribution in [3.8, 4) is 6.07 Å². The fraction of sp³-hybridized carbons (Fsp3) is 0.250. The SMILES string of the molecule is CC(C)NC(=O)c1sc2nc(N)c(C#N)cc2c1N. The number of nitrogens with two attached hydrogens (primary N) is 2. The molecule has 0 spiro atoms. The third-order valence-corrected chi connectivity index (χ3v) is 3.61. The van der Waals surface area contributed by atoms with Crippen LogP contribution in [0.1, 0.15) is 29.1 Å². The Morgan fingerprint density at radius 1 is 1.53 bits per heavy atom. The Hall–Kier alpha value is -2.33. The van der Waals surface area contributed by atoms with Gasteiger partial charge in [0.2, 0.25) is 0 Å². The maximum atomic E-state index is 12.0. The second-order valence-corrected chi connectivity index (χ2v) is 5.36. The van der Waals surface area contributed by atoms with Crippen molar-refractivity contribution in [2.24, 2.45) is 0 Å². The molecule has 2 rings (SSSR count). The average Bonchev–Trinajstić information content (AvgIpc) is 2.64. The molecule has 0 fully saturated rings. The van der Waals surface area contributed by atoms with Gasteiger partial charge < -0.3 is 16.8 Å². The number of aromatic nitrogens is 1. The summed E-state index contributed by atoms with van der Waals surface area (Å²) in [5, 5.41) is 12.3. The molecule has 19 heavy (non-hydrogen) atoms. The Balaban J connectivity index is 2.57. The van der Waals surface area contributed by atoms with E-state index in [4.69, 9.17) is 16.7 Å². The molecule has 0 aliphatic heterocycles. The molecule has 0 aliphatic carbocycles. The molecule has 2 aromatic rings. The lowest BCUT2D eigenvalue weighted by atomic mass is 10.2. The first-order valence-corrected chi connectivity index (χ1v) is 6.45. The number of fused-ring (bicyclic) bond motifs is 1. The van der Waals surface area contributed by atoms with Gasteiger partial charge in [0.05, 0.1) is 11.3 Å². The molecule has 0 aromatic carbocycles. The van der Waals surface area contributed by atoms with Crippen molar-refractivity contribution in [3.63, 3.8) is 0 Å². The van der Waals surface area contributed by atoms with Crippen LogP contribution in [-0.4, -0.2) is 16.9 Å². The fourth-order valence-corrected chi connectivity index (χ4v) is 2.63. The first-order chi connectivity index (χ1) is 8.93. The highest BCUT2D eigenvalue weighted by Gasteiger charge is 2.19. The summed E-state index contributed by atoms with van der Waals surface area (Å²) < 4.78 is 0. The smallest absolute Gasteiger partial charge is 0.263 e. The molecule has 0 saturated heterocycles. The summed E-state index contributed by atoms with van der Waals surface area (Å²) in [5.41, 5.74) is 12.2. The van der Waals surface area contributed by atoms with E-state index in [0.717, 1.165) is 0 Å². The first-order valence-electron chi connectivity index (χ1n) is 5.63. The van der Waals surface area contributed by atoms with Crippen molar-refractivity contribution in [3.05, 3.63) is 16.5 Å². The summed E-state index contributed by atoms with van der Waals surface area (Å²) in [4.78, 5) is 17.0. The number of hydrogen-bond donors (Lipinski definition) is 3. The third-order valence-electron chi connectivity index (χ3n) is 2.50. The zero-order chi connectivity index (χ0) is 14.2. The van der Waals surface area contributed by atoms with Crippen molar-refractivity contribution in [1.82, 2.24) is 10.3 Å². The van der Waals surface area contributed by atoms with E-state index in [1.165, 1.54) is 11.3 Å². The second kappa shape index (κ2) is 4.74. The zero-order valence-corrected chi connectivity index (χ0v) is 11.3. The number of nitrogens with one attached hydrogen (secondary N) is 1. The summed E-state index contributed by atoms with van der Waals surface area (Å²) in [6, 6.07) is 3.53. The predicted octanol–water partition coefficient (Wildman–Crippen LogP) is 1.47. The Kier molecular flexibility index (Phi) is 3.27. The van der Waals surface area contributed by atoms with E-state index < -0.39 is 0 Å². The number of nitriles is 1. The fourth-order valence-electron chi connectivity index (χ4n) is 1.64. The molecule has 0 atom stereocenters. The minimum Gasteiger partial charge on any atom is -0.397 e. The lowest BCUT2D eigenvalue weighted by Gasteiger charge is -2.06. The van der Waals surface area contributed by atoms with E-state index >= 15 is 0 Å². The number of amides is 1. The number of hydrogen-bond acceptors (Lipinski definition) is 6. The summed E-state index contributed by atoms with van der Waals surface area (Å²) in [6.45, 7) is 3.73. The highest BCUT2D eigenvalue weighted by molar-refractivity contribution is 7.21. The lowest BCUT2D eigenvalue weighted by Crippen LogP contribution is -2.29. The van der Waals surface area contributed by atoms with Crippen LogP contribution in [0, 0.1) is 11.3 Å². The van der Waals surface area contributed by atoms with Gasteiger partial charge in [-0.05, 0) is 19.9 Å². The average molecular weight is 275 g/mol. The quantitative estimate of drug-likeness (QED) is 0.767. The Morgan fingerprint density at radius 3 is 2.79 bits per heavy atom. The highest BCUT2D eigenvalue weighted by atomic mass is 32.1. The molecular formula is C12H13N5OS. The standard InChI is InChI=1S/C12H13N5OS/c1-5(2)16-11(18)9-8(14)7-3-6(4-13)10(15)17-12(7)19-9/h3,5H,14H2,1-2H3,(H2,15,17)(H,16,18). The van der Waals surface area contributed by atoms with Crippen molar-refractivity contribution < 1.29 is 4.79 Å². The van der Waals surface area contributed by atoms with Gasteiger partial charge in [0, 0.05) is 11.4 Å². The van der Waals surface area contributed by atoms with Gasteiger partial charge in [-0.15, -0.1) is 11.3 Å². The van der Waals surface area contributed by atoms with Crippen molar-refractivity contribution >= 4 is 39.0 Å². The van der Waals surface area contributed by atoms with Gasteiger partial charge >= 0.3 is 0 Å². The van der Waals surface area contributed by atoms with Gasteiger partial charge in [0.1, 0.15) is 21.6 Å². The second-order valence-electron chi connectivity index (χ2n) is 4.36. The molecule has 98 valence electrons. The van der Waals surface area contributed by atoms with Crippen LogP contribution in [0.25, 0.3) is 10.2 Å². The van der Waals surface area contributed by atoms with Gasteiger partial charge in [-0.3, -0.25) is 4.79 Å². The number of pyridine rings is 1. The number of anilines is 2. The van der Waals surface area contributed by atoms with Crippen LogP contribution in [0.3, 0.4) is 0 Å². The van der Waals surface area contributed by atoms with Crippen molar-refractivity contribution in [2.75, 3.05) is 11.5 Å². The van der Waals surface area contributed by atoms with Crippen LogP contribution in [0.15, 0.2) is 6.07 Å². The molecule has 0 bridgehead atoms. The van der Waals surface area contributed by atoms with E-state index in [2.05, 4.69) is 10.3 Å². The van der Waals surface area contributed by atoms with E-state index in [-0.39, 0.29) is 23.3 Å². The van der Waals surface area contributed by atoms with Crippen LogP contribution < -0.4 is 16.8 Å². The number of nitrogens with zero attached hydrogens (tertiary/aromatic N) is 2. The zero-order valence-electron chi connectivity index (χ0n) is 10.5. The minimum atomic E-state index is -0.243. The van der Waals surface area contributed by atoms with E-state index in [1.54, 1.807) is 6.07 Å². The maximum Gasteiger partial charge on any atom is 0.263 e. The largest absolute Gasteiger partial charge is 0.397 e. The normalized spacial score (nSPS) is 10.6. The summed E-state index contributed by atoms with van der Waals surface area (Å²) in [5.74, 6) is -0.0975. The Labute approximate surface area is 114 Å². The topological polar surface area (TPSA) is 118 Å². The Morgan fingerprint density at radius 2 is 2.21 bits per heavy atom. The molecule has 7 heteroatoms. The van der Waals surface area contributed by atoms with Gasteiger partial charge in [-0.2, -0.15) is 5.26 Å². The molecule has 0 aliphatic rings. The Bertz CT molecular complexity index is 698. The number of carbonyl (C=O) groups is 1. The van der Waals surface area contributed by atoms with Gasteiger partial charge in [-0.1, -0.05) is 0 Å². The summed E-state index contributed by atoms with van der Waals surface area (Å²) >= 11 is 1.17. The number of carbonyl (C=O) groups excluding carboxylic acids is 1. The molecule has 0 saturated carbocycles. The van der Waals surface area contributed by atoms with E-state index in [0.29, 0.717) is 20.8 Å². The molecule has 0 unspecified atom stereocenters. The number of thiophene rings is 1. The minimum absolute atomic E-state index is 0.0183. The summed E-state index contributed by atoms with van der Waals surface area (Å²) in [7, 11) is 0. The van der Waals surface area contributed by atoms with Gasteiger partial charge in [-0.25, -0.2) is 4.98 Å². The number of rotatable bonds is 2. The van der Waals surface area contributed by atoms with Crippen molar-refractivity contribution in [1.29, 1.82) is 5.26 Å². The molecule has 5 N–H and O–H groups in total. The van der Waals surface area contributed by atoms with Crippen molar-refractivity contribution in [2.45, 2.75) is 19.9 Å². The predicted molar refractivity (Wildman–Crippen MR) is 75.8 cm³/mol. The molecular weight excluding hydrogens is 262 g/mol. The number of nitrogen functional groups attached to an aromatic ring is 2. The van der Waals surface area contributed by atoms with Crippen LogP contribution >= 0.6 is 11.3 Å². The third kappa shape index (κ3) is 2.30. The lowest BCUT2D eigenvalue weighted by molar-refractivity contribution is 0.0948. The van der Waals surface area contributed by atoms with Gasteiger partial charge in [0.25, 0.3) is 5.91 Å². The van der Waals surface area contributed by atoms with E-state index in [1.807, 2.05) is 19.9 Å². The highest BCUT2D eigenvalue weighted by Crippen LogP contribution is 2.34. The van der Waals surface area contributed by atoms with Gasteiger partial charge in [0.15, 0.2) is 0 Å². The van der Waals surface area contributed by atoms with Crippen LogP contribution in [0.2, 0.25) is 0 Å². The molecule has 2 aromatic heterocycles. The van der Waals surface area contributed by atoms with E-state index in [9.17, 15) is 4.79 Å². The van der Waals surface area contributed by atoms with Crippen LogP contribution in [0.5, 0.6) is 0 Å². The van der Waals surface area contributed by atoms with Crippen LogP contribution in [-0.2, 0) is 0 Å². The first kappa shape index (κ1) is 13.1. The molecule has 6 nitrogen and oxygen atoms in total. The summed E-state index contributed by atoms with van der Waals surface area (Å²) in [6.07, 6.45) is 0. The molecule has 2 heterocycles. The monoisotopic (exact) mass is 275 g/mol. The molecule has 1 amide bonds.